The highest BCUT2D eigenvalue weighted by Gasteiger charge is 2.06. The lowest BCUT2D eigenvalue weighted by Crippen LogP contribution is -2.16. The Morgan fingerprint density at radius 3 is 2.48 bits per heavy atom. The maximum Gasteiger partial charge on any atom is 0.256 e. The standard InChI is InChI=1S/C18H24N4O/c1-14-5-7-15(8-6-14)18(23)21-17-10-9-16(13-20-17)19-11-4-12-22(2)3/h5-10,13,19H,4,11-12H2,1-3H3,(H,20,21,23). The zero-order chi connectivity index (χ0) is 16.7. The molecule has 0 bridgehead atoms. The number of rotatable bonds is 7. The van der Waals surface area contributed by atoms with Crippen LogP contribution in [0.25, 0.3) is 0 Å². The summed E-state index contributed by atoms with van der Waals surface area (Å²) in [6.45, 7) is 3.94. The molecule has 2 rings (SSSR count). The van der Waals surface area contributed by atoms with Gasteiger partial charge in [-0.1, -0.05) is 17.7 Å². The molecule has 0 aliphatic carbocycles. The Morgan fingerprint density at radius 1 is 1.13 bits per heavy atom. The summed E-state index contributed by atoms with van der Waals surface area (Å²) >= 11 is 0. The molecule has 5 heteroatoms. The van der Waals surface area contributed by atoms with Gasteiger partial charge in [-0.15, -0.1) is 0 Å². The number of nitrogens with one attached hydrogen (secondary N) is 2. The number of anilines is 2. The van der Waals surface area contributed by atoms with Crippen molar-refractivity contribution in [3.8, 4) is 0 Å². The molecule has 0 radical (unpaired) electrons. The summed E-state index contributed by atoms with van der Waals surface area (Å²) in [5, 5.41) is 6.12. The van der Waals surface area contributed by atoms with Crippen molar-refractivity contribution in [1.82, 2.24) is 9.88 Å². The summed E-state index contributed by atoms with van der Waals surface area (Å²) in [5.74, 6) is 0.401. The lowest BCUT2D eigenvalue weighted by molar-refractivity contribution is 0.102. The number of amides is 1. The van der Waals surface area contributed by atoms with Gasteiger partial charge in [-0.3, -0.25) is 4.79 Å². The van der Waals surface area contributed by atoms with E-state index in [-0.39, 0.29) is 5.91 Å². The van der Waals surface area contributed by atoms with Crippen LogP contribution in [-0.2, 0) is 0 Å². The van der Waals surface area contributed by atoms with E-state index in [1.54, 1.807) is 12.3 Å². The van der Waals surface area contributed by atoms with Crippen molar-refractivity contribution >= 4 is 17.4 Å². The van der Waals surface area contributed by atoms with Gasteiger partial charge in [-0.25, -0.2) is 4.98 Å². The minimum atomic E-state index is -0.149. The molecular weight excluding hydrogens is 288 g/mol. The third kappa shape index (κ3) is 5.71. The molecule has 1 aromatic carbocycles. The number of aromatic nitrogens is 1. The predicted octanol–water partition coefficient (Wildman–Crippen LogP) is 3.01. The van der Waals surface area contributed by atoms with Crippen LogP contribution >= 0.6 is 0 Å². The maximum atomic E-state index is 12.1. The Bertz CT molecular complexity index is 620. The van der Waals surface area contributed by atoms with Crippen molar-refractivity contribution in [2.75, 3.05) is 37.8 Å². The Labute approximate surface area is 137 Å². The fourth-order valence-corrected chi connectivity index (χ4v) is 2.09. The van der Waals surface area contributed by atoms with E-state index in [1.165, 1.54) is 0 Å². The molecule has 1 heterocycles. The van der Waals surface area contributed by atoms with E-state index in [2.05, 4.69) is 34.6 Å². The van der Waals surface area contributed by atoms with Gasteiger partial charge in [-0.05, 0) is 58.3 Å². The molecular formula is C18H24N4O. The topological polar surface area (TPSA) is 57.3 Å². The maximum absolute atomic E-state index is 12.1. The Morgan fingerprint density at radius 2 is 1.87 bits per heavy atom. The molecule has 122 valence electrons. The molecule has 2 aromatic rings. The van der Waals surface area contributed by atoms with Crippen molar-refractivity contribution in [1.29, 1.82) is 0 Å². The minimum absolute atomic E-state index is 0.149. The van der Waals surface area contributed by atoms with Gasteiger partial charge in [0.2, 0.25) is 0 Å². The summed E-state index contributed by atoms with van der Waals surface area (Å²) in [6.07, 6.45) is 2.80. The van der Waals surface area contributed by atoms with Crippen LogP contribution in [0.4, 0.5) is 11.5 Å². The van der Waals surface area contributed by atoms with Crippen molar-refractivity contribution in [2.45, 2.75) is 13.3 Å². The highest BCUT2D eigenvalue weighted by Crippen LogP contribution is 2.11. The monoisotopic (exact) mass is 312 g/mol. The average molecular weight is 312 g/mol. The smallest absolute Gasteiger partial charge is 0.256 e. The summed E-state index contributed by atoms with van der Waals surface area (Å²) in [4.78, 5) is 18.5. The Balaban J connectivity index is 1.84. The highest BCUT2D eigenvalue weighted by molar-refractivity contribution is 6.03. The molecule has 0 aliphatic heterocycles. The predicted molar refractivity (Wildman–Crippen MR) is 95.0 cm³/mol. The van der Waals surface area contributed by atoms with Gasteiger partial charge in [0.25, 0.3) is 5.91 Å². The normalized spacial score (nSPS) is 10.6. The second-order valence-electron chi connectivity index (χ2n) is 5.84. The fraction of sp³-hybridized carbons (Fsp3) is 0.333. The first-order chi connectivity index (χ1) is 11.0. The molecule has 0 saturated carbocycles. The minimum Gasteiger partial charge on any atom is -0.384 e. The molecule has 1 amide bonds. The average Bonchev–Trinajstić information content (AvgIpc) is 2.53. The summed E-state index contributed by atoms with van der Waals surface area (Å²) < 4.78 is 0. The number of hydrogen-bond acceptors (Lipinski definition) is 4. The van der Waals surface area contributed by atoms with E-state index in [0.717, 1.165) is 30.8 Å². The molecule has 0 unspecified atom stereocenters. The largest absolute Gasteiger partial charge is 0.384 e. The second kappa shape index (κ2) is 8.29. The number of benzene rings is 1. The first kappa shape index (κ1) is 17.0. The lowest BCUT2D eigenvalue weighted by Gasteiger charge is -2.11. The van der Waals surface area contributed by atoms with Crippen LogP contribution in [0, 0.1) is 6.92 Å². The molecule has 0 fully saturated rings. The van der Waals surface area contributed by atoms with Gasteiger partial charge in [0.05, 0.1) is 11.9 Å². The van der Waals surface area contributed by atoms with Crippen LogP contribution in [-0.4, -0.2) is 43.0 Å². The van der Waals surface area contributed by atoms with E-state index in [0.29, 0.717) is 11.4 Å². The van der Waals surface area contributed by atoms with E-state index >= 15 is 0 Å². The van der Waals surface area contributed by atoms with Crippen molar-refractivity contribution < 1.29 is 4.79 Å². The van der Waals surface area contributed by atoms with Crippen LogP contribution in [0.15, 0.2) is 42.6 Å². The van der Waals surface area contributed by atoms with Gasteiger partial charge in [0.1, 0.15) is 5.82 Å². The Kier molecular flexibility index (Phi) is 6.11. The van der Waals surface area contributed by atoms with Crippen LogP contribution in [0.1, 0.15) is 22.3 Å². The lowest BCUT2D eigenvalue weighted by atomic mass is 10.1. The van der Waals surface area contributed by atoms with Crippen LogP contribution < -0.4 is 10.6 Å². The SMILES string of the molecule is Cc1ccc(C(=O)Nc2ccc(NCCCN(C)C)cn2)cc1. The van der Waals surface area contributed by atoms with Crippen molar-refractivity contribution in [3.63, 3.8) is 0 Å². The molecule has 5 nitrogen and oxygen atoms in total. The zero-order valence-electron chi connectivity index (χ0n) is 14.0. The number of carbonyl (C=O) groups excluding carboxylic acids is 1. The first-order valence-electron chi connectivity index (χ1n) is 7.77. The number of nitrogens with zero attached hydrogens (tertiary/aromatic N) is 2. The molecule has 0 spiro atoms. The van der Waals surface area contributed by atoms with Crippen LogP contribution in [0.5, 0.6) is 0 Å². The molecule has 0 saturated heterocycles. The fourth-order valence-electron chi connectivity index (χ4n) is 2.09. The third-order valence-electron chi connectivity index (χ3n) is 3.43. The van der Waals surface area contributed by atoms with E-state index < -0.39 is 0 Å². The molecule has 2 N–H and O–H groups in total. The summed E-state index contributed by atoms with van der Waals surface area (Å²) in [6, 6.07) is 11.2. The molecule has 0 atom stereocenters. The van der Waals surface area contributed by atoms with Crippen molar-refractivity contribution in [3.05, 3.63) is 53.7 Å². The van der Waals surface area contributed by atoms with Gasteiger partial charge >= 0.3 is 0 Å². The van der Waals surface area contributed by atoms with E-state index in [1.807, 2.05) is 37.3 Å². The van der Waals surface area contributed by atoms with Crippen LogP contribution in [0.2, 0.25) is 0 Å². The van der Waals surface area contributed by atoms with Gasteiger partial charge in [0.15, 0.2) is 0 Å². The number of hydrogen-bond donors (Lipinski definition) is 2. The summed E-state index contributed by atoms with van der Waals surface area (Å²) in [5.41, 5.74) is 2.71. The van der Waals surface area contributed by atoms with Gasteiger partial charge in [-0.2, -0.15) is 0 Å². The molecule has 23 heavy (non-hydrogen) atoms. The third-order valence-corrected chi connectivity index (χ3v) is 3.43. The quantitative estimate of drug-likeness (QED) is 0.772. The highest BCUT2D eigenvalue weighted by atomic mass is 16.1. The molecule has 0 aliphatic rings. The molecule has 1 aromatic heterocycles. The van der Waals surface area contributed by atoms with Gasteiger partial charge < -0.3 is 15.5 Å². The van der Waals surface area contributed by atoms with Gasteiger partial charge in [0, 0.05) is 12.1 Å². The van der Waals surface area contributed by atoms with E-state index in [9.17, 15) is 4.79 Å². The van der Waals surface area contributed by atoms with Crippen LogP contribution in [0.3, 0.4) is 0 Å². The summed E-state index contributed by atoms with van der Waals surface area (Å²) in [7, 11) is 4.13. The van der Waals surface area contributed by atoms with E-state index in [4.69, 9.17) is 0 Å². The van der Waals surface area contributed by atoms with Crippen molar-refractivity contribution in [2.24, 2.45) is 0 Å². The Hall–Kier alpha value is -2.40. The number of pyridine rings is 1. The number of carbonyl (C=O) groups is 1. The first-order valence-corrected chi connectivity index (χ1v) is 7.77. The number of aryl methyl sites for hydroxylation is 1. The second-order valence-corrected chi connectivity index (χ2v) is 5.84. The zero-order valence-corrected chi connectivity index (χ0v) is 14.0.